The number of unbranched alkanes of at least 4 members (excludes halogenated alkanes) is 4. The first-order valence-electron chi connectivity index (χ1n) is 4.26. The molecule has 1 radical (unpaired) electrons. The summed E-state index contributed by atoms with van der Waals surface area (Å²) in [5, 5.41) is 0. The van der Waals surface area contributed by atoms with Crippen molar-refractivity contribution < 1.29 is 9.22 Å². The second-order valence-corrected chi connectivity index (χ2v) is 2.97. The third-order valence-corrected chi connectivity index (χ3v) is 1.97. The molecule has 0 fully saturated rings. The SMILES string of the molecule is CCCCCCCC(=O)O[SiH2]. The second kappa shape index (κ2) is 7.79. The molecular weight excluding hydrogens is 156 g/mol. The number of carbonyl (C=O) groups is 1. The maximum absolute atomic E-state index is 10.6. The minimum absolute atomic E-state index is 0.0696. The van der Waals surface area contributed by atoms with Gasteiger partial charge in [0.25, 0.3) is 5.97 Å². The van der Waals surface area contributed by atoms with E-state index in [-0.39, 0.29) is 5.97 Å². The summed E-state index contributed by atoms with van der Waals surface area (Å²) in [6.45, 7) is 2.18. The van der Waals surface area contributed by atoms with E-state index in [0.717, 1.165) is 12.8 Å². The average Bonchev–Trinajstić information content (AvgIpc) is 2.04. The Morgan fingerprint density at radius 2 is 1.91 bits per heavy atom. The molecule has 0 aromatic heterocycles. The van der Waals surface area contributed by atoms with Crippen molar-refractivity contribution in [3.05, 3.63) is 0 Å². The van der Waals surface area contributed by atoms with E-state index in [1.54, 1.807) is 0 Å². The molecule has 0 saturated heterocycles. The molecule has 65 valence electrons. The van der Waals surface area contributed by atoms with Gasteiger partial charge < -0.3 is 4.43 Å². The maximum Gasteiger partial charge on any atom is 0.291 e. The summed E-state index contributed by atoms with van der Waals surface area (Å²) >= 11 is 0. The van der Waals surface area contributed by atoms with Gasteiger partial charge in [-0.2, -0.15) is 0 Å². The fraction of sp³-hybridized carbons (Fsp3) is 0.875. The molecule has 0 spiro atoms. The van der Waals surface area contributed by atoms with Crippen molar-refractivity contribution in [3.8, 4) is 0 Å². The van der Waals surface area contributed by atoms with Crippen LogP contribution in [-0.4, -0.2) is 16.5 Å². The molecule has 11 heavy (non-hydrogen) atoms. The van der Waals surface area contributed by atoms with E-state index in [4.69, 9.17) is 0 Å². The number of carbonyl (C=O) groups excluding carboxylic acids is 1. The van der Waals surface area contributed by atoms with Crippen LogP contribution in [0.3, 0.4) is 0 Å². The molecule has 0 amide bonds. The molecule has 0 heterocycles. The summed E-state index contributed by atoms with van der Waals surface area (Å²) in [7, 11) is 1.26. The Bertz CT molecular complexity index is 104. The van der Waals surface area contributed by atoms with Gasteiger partial charge in [0.2, 0.25) is 10.5 Å². The smallest absolute Gasteiger partial charge is 0.291 e. The molecule has 0 rings (SSSR count). The quantitative estimate of drug-likeness (QED) is 0.449. The van der Waals surface area contributed by atoms with Crippen LogP contribution in [0.1, 0.15) is 45.4 Å². The van der Waals surface area contributed by atoms with Crippen LogP contribution in [0.2, 0.25) is 0 Å². The summed E-state index contributed by atoms with van der Waals surface area (Å²) in [5.41, 5.74) is 0. The molecule has 0 unspecified atom stereocenters. The van der Waals surface area contributed by atoms with E-state index in [1.807, 2.05) is 0 Å². The highest BCUT2D eigenvalue weighted by Crippen LogP contribution is 2.04. The second-order valence-electron chi connectivity index (χ2n) is 2.68. The van der Waals surface area contributed by atoms with Crippen molar-refractivity contribution in [3.63, 3.8) is 0 Å². The summed E-state index contributed by atoms with van der Waals surface area (Å²) in [6.07, 6.45) is 6.51. The highest BCUT2D eigenvalue weighted by Gasteiger charge is 1.97. The molecule has 0 N–H and O–H groups in total. The van der Waals surface area contributed by atoms with Crippen molar-refractivity contribution >= 4 is 16.5 Å². The largest absolute Gasteiger partial charge is 0.525 e. The van der Waals surface area contributed by atoms with Crippen molar-refractivity contribution in [2.45, 2.75) is 45.4 Å². The van der Waals surface area contributed by atoms with Gasteiger partial charge in [-0.15, -0.1) is 0 Å². The predicted molar refractivity (Wildman–Crippen MR) is 48.0 cm³/mol. The van der Waals surface area contributed by atoms with E-state index in [1.165, 1.54) is 29.7 Å². The van der Waals surface area contributed by atoms with Gasteiger partial charge in [0.15, 0.2) is 0 Å². The topological polar surface area (TPSA) is 26.3 Å². The lowest BCUT2D eigenvalue weighted by molar-refractivity contribution is -0.134. The fourth-order valence-electron chi connectivity index (χ4n) is 0.945. The van der Waals surface area contributed by atoms with E-state index in [9.17, 15) is 4.79 Å². The standard InChI is InChI=1S/C8H17O2Si/c1-2-3-4-5-6-7-8(9)10-11/h2-7,11H2,1H3. The Hall–Kier alpha value is -0.313. The van der Waals surface area contributed by atoms with Crippen molar-refractivity contribution in [1.29, 1.82) is 0 Å². The normalized spacial score (nSPS) is 9.64. The minimum atomic E-state index is -0.0696. The van der Waals surface area contributed by atoms with Crippen LogP contribution in [0.25, 0.3) is 0 Å². The van der Waals surface area contributed by atoms with Crippen LogP contribution in [0.15, 0.2) is 0 Å². The lowest BCUT2D eigenvalue weighted by Gasteiger charge is -1.98. The first-order valence-corrected chi connectivity index (χ1v) is 4.83. The first-order chi connectivity index (χ1) is 5.31. The predicted octanol–water partition coefficient (Wildman–Crippen LogP) is 1.44. The summed E-state index contributed by atoms with van der Waals surface area (Å²) < 4.78 is 4.55. The third-order valence-electron chi connectivity index (χ3n) is 1.65. The summed E-state index contributed by atoms with van der Waals surface area (Å²) in [6, 6.07) is 0. The molecule has 0 aliphatic heterocycles. The van der Waals surface area contributed by atoms with Gasteiger partial charge in [-0.05, 0) is 6.42 Å². The molecule has 0 atom stereocenters. The van der Waals surface area contributed by atoms with Gasteiger partial charge in [-0.1, -0.05) is 32.6 Å². The molecular formula is C8H17O2Si. The molecule has 3 heteroatoms. The lowest BCUT2D eigenvalue weighted by Crippen LogP contribution is -2.00. The van der Waals surface area contributed by atoms with Crippen LogP contribution in [0.4, 0.5) is 0 Å². The Kier molecular flexibility index (Phi) is 7.57. The molecule has 0 aliphatic carbocycles. The molecule has 0 bridgehead atoms. The van der Waals surface area contributed by atoms with Crippen molar-refractivity contribution in [2.24, 2.45) is 0 Å². The minimum Gasteiger partial charge on any atom is -0.525 e. The van der Waals surface area contributed by atoms with Crippen LogP contribution < -0.4 is 0 Å². The van der Waals surface area contributed by atoms with E-state index >= 15 is 0 Å². The molecule has 0 aromatic rings. The van der Waals surface area contributed by atoms with Gasteiger partial charge >= 0.3 is 0 Å². The van der Waals surface area contributed by atoms with Crippen LogP contribution in [0.5, 0.6) is 0 Å². The number of hydrogen-bond donors (Lipinski definition) is 0. The van der Waals surface area contributed by atoms with Crippen LogP contribution in [0, 0.1) is 0 Å². The molecule has 0 aromatic carbocycles. The maximum atomic E-state index is 10.6. The Morgan fingerprint density at radius 3 is 2.45 bits per heavy atom. The van der Waals surface area contributed by atoms with Gasteiger partial charge in [0, 0.05) is 6.42 Å². The molecule has 0 saturated carbocycles. The highest BCUT2D eigenvalue weighted by molar-refractivity contribution is 6.05. The summed E-state index contributed by atoms with van der Waals surface area (Å²) in [5.74, 6) is -0.0696. The van der Waals surface area contributed by atoms with Gasteiger partial charge in [-0.25, -0.2) is 0 Å². The average molecular weight is 173 g/mol. The first kappa shape index (κ1) is 10.7. The van der Waals surface area contributed by atoms with Gasteiger partial charge in [0.05, 0.1) is 0 Å². The Labute approximate surface area is 71.9 Å². The number of rotatable bonds is 6. The number of hydrogen-bond acceptors (Lipinski definition) is 2. The zero-order valence-corrected chi connectivity index (χ0v) is 8.68. The van der Waals surface area contributed by atoms with Crippen molar-refractivity contribution in [1.82, 2.24) is 0 Å². The summed E-state index contributed by atoms with van der Waals surface area (Å²) in [4.78, 5) is 10.6. The fourth-order valence-corrected chi connectivity index (χ4v) is 1.09. The van der Waals surface area contributed by atoms with Crippen LogP contribution >= 0.6 is 0 Å². The highest BCUT2D eigenvalue weighted by atomic mass is 28.2. The van der Waals surface area contributed by atoms with Crippen molar-refractivity contribution in [2.75, 3.05) is 0 Å². The molecule has 2 nitrogen and oxygen atoms in total. The van der Waals surface area contributed by atoms with Crippen LogP contribution in [-0.2, 0) is 9.22 Å². The van der Waals surface area contributed by atoms with E-state index in [0.29, 0.717) is 6.42 Å². The third kappa shape index (κ3) is 7.59. The lowest BCUT2D eigenvalue weighted by atomic mass is 10.1. The zero-order chi connectivity index (χ0) is 8.53. The monoisotopic (exact) mass is 173 g/mol. The van der Waals surface area contributed by atoms with E-state index in [2.05, 4.69) is 11.3 Å². The Morgan fingerprint density at radius 1 is 1.27 bits per heavy atom. The zero-order valence-electron chi connectivity index (χ0n) is 7.27. The van der Waals surface area contributed by atoms with Gasteiger partial charge in [0.1, 0.15) is 0 Å². The van der Waals surface area contributed by atoms with E-state index < -0.39 is 0 Å². The van der Waals surface area contributed by atoms with Gasteiger partial charge in [-0.3, -0.25) is 4.79 Å². The Balaban J connectivity index is 2.95. The molecule has 0 aliphatic rings.